The third-order valence-electron chi connectivity index (χ3n) is 3.24. The van der Waals surface area contributed by atoms with Crippen molar-refractivity contribution in [1.29, 1.82) is 0 Å². The first-order valence-electron chi connectivity index (χ1n) is 7.20. The minimum absolute atomic E-state index is 0.389. The summed E-state index contributed by atoms with van der Waals surface area (Å²) in [5, 5.41) is 8.93. The van der Waals surface area contributed by atoms with Crippen LogP contribution in [0, 0.1) is 0 Å². The minimum Gasteiger partial charge on any atom is -0.431 e. The molecule has 1 aromatic carbocycles. The number of hydrogen-bond donors (Lipinski definition) is 2. The zero-order valence-electron chi connectivity index (χ0n) is 12.0. The van der Waals surface area contributed by atoms with Crippen molar-refractivity contribution in [2.45, 2.75) is 49.5 Å². The van der Waals surface area contributed by atoms with Crippen LogP contribution in [-0.4, -0.2) is 21.3 Å². The second-order valence-electron chi connectivity index (χ2n) is 4.88. The van der Waals surface area contributed by atoms with Gasteiger partial charge in [-0.3, -0.25) is 10.0 Å². The zero-order chi connectivity index (χ0) is 15.1. The van der Waals surface area contributed by atoms with E-state index in [0.29, 0.717) is 17.2 Å². The first-order chi connectivity index (χ1) is 10.2. The van der Waals surface area contributed by atoms with Gasteiger partial charge in [-0.2, -0.15) is 0 Å². The largest absolute Gasteiger partial charge is 0.431 e. The summed E-state index contributed by atoms with van der Waals surface area (Å²) in [7, 11) is 0. The highest BCUT2D eigenvalue weighted by Crippen LogP contribution is 2.29. The number of amides is 1. The molecule has 1 aromatic heterocycles. The molecule has 2 N–H and O–H groups in total. The number of thioether (sulfide) groups is 1. The third-order valence-corrected chi connectivity index (χ3v) is 4.35. The van der Waals surface area contributed by atoms with E-state index < -0.39 is 5.91 Å². The molecule has 0 spiro atoms. The van der Waals surface area contributed by atoms with Gasteiger partial charge in [0.15, 0.2) is 5.58 Å². The predicted octanol–water partition coefficient (Wildman–Crippen LogP) is 3.76. The smallest absolute Gasteiger partial charge is 0.257 e. The number of oxazole rings is 1. The molecule has 1 unspecified atom stereocenters. The molecule has 6 heteroatoms. The summed E-state index contributed by atoms with van der Waals surface area (Å²) in [4.78, 5) is 16.1. The van der Waals surface area contributed by atoms with E-state index in [9.17, 15) is 4.79 Å². The van der Waals surface area contributed by atoms with Gasteiger partial charge in [-0.25, -0.2) is 10.5 Å². The van der Waals surface area contributed by atoms with Crippen molar-refractivity contribution in [3.05, 3.63) is 24.3 Å². The Labute approximate surface area is 128 Å². The van der Waals surface area contributed by atoms with Gasteiger partial charge in [0.25, 0.3) is 11.1 Å². The number of nitrogens with zero attached hydrogens (tertiary/aromatic N) is 1. The Balaban J connectivity index is 2.01. The summed E-state index contributed by atoms with van der Waals surface area (Å²) in [5.74, 6) is -0.404. The normalized spacial score (nSPS) is 12.5. The number of hydroxylamine groups is 1. The summed E-state index contributed by atoms with van der Waals surface area (Å²) >= 11 is 1.26. The third kappa shape index (κ3) is 4.47. The lowest BCUT2D eigenvalue weighted by Crippen LogP contribution is -2.30. The van der Waals surface area contributed by atoms with Crippen molar-refractivity contribution in [2.24, 2.45) is 0 Å². The van der Waals surface area contributed by atoms with Crippen LogP contribution >= 0.6 is 11.8 Å². The molecule has 0 saturated carbocycles. The van der Waals surface area contributed by atoms with Crippen LogP contribution in [0.4, 0.5) is 0 Å². The number of nitrogens with one attached hydrogen (secondary N) is 1. The lowest BCUT2D eigenvalue weighted by Gasteiger charge is -2.11. The maximum atomic E-state index is 11.7. The molecule has 0 fully saturated rings. The van der Waals surface area contributed by atoms with Gasteiger partial charge in [0, 0.05) is 0 Å². The van der Waals surface area contributed by atoms with Crippen LogP contribution in [0.2, 0.25) is 0 Å². The molecule has 5 nitrogen and oxygen atoms in total. The number of para-hydroxylation sites is 2. The van der Waals surface area contributed by atoms with Crippen LogP contribution in [-0.2, 0) is 4.79 Å². The molecule has 0 aliphatic carbocycles. The van der Waals surface area contributed by atoms with Crippen LogP contribution in [0.3, 0.4) is 0 Å². The van der Waals surface area contributed by atoms with E-state index in [1.165, 1.54) is 11.8 Å². The lowest BCUT2D eigenvalue weighted by molar-refractivity contribution is -0.128. The molecule has 1 amide bonds. The maximum Gasteiger partial charge on any atom is 0.257 e. The molecule has 0 saturated heterocycles. The number of hydrogen-bond acceptors (Lipinski definition) is 5. The molecule has 114 valence electrons. The maximum absolute atomic E-state index is 11.7. The summed E-state index contributed by atoms with van der Waals surface area (Å²) in [6.45, 7) is 2.14. The summed E-state index contributed by atoms with van der Waals surface area (Å²) < 4.78 is 5.61. The molecule has 0 radical (unpaired) electrons. The van der Waals surface area contributed by atoms with E-state index in [2.05, 4.69) is 11.9 Å². The van der Waals surface area contributed by atoms with E-state index in [4.69, 9.17) is 9.62 Å². The van der Waals surface area contributed by atoms with Crippen LogP contribution in [0.25, 0.3) is 11.1 Å². The van der Waals surface area contributed by atoms with Crippen LogP contribution in [0.1, 0.15) is 39.0 Å². The Hall–Kier alpha value is -1.53. The molecule has 1 heterocycles. The Kier molecular flexibility index (Phi) is 6.07. The quantitative estimate of drug-likeness (QED) is 0.336. The van der Waals surface area contributed by atoms with Crippen molar-refractivity contribution in [1.82, 2.24) is 10.5 Å². The molecular formula is C15H20N2O3S. The van der Waals surface area contributed by atoms with E-state index >= 15 is 0 Å². The SMILES string of the molecule is CCCCCCC(Sc1nc2ccccc2o1)C(=O)NO. The van der Waals surface area contributed by atoms with Gasteiger partial charge >= 0.3 is 0 Å². The number of aromatic nitrogens is 1. The van der Waals surface area contributed by atoms with E-state index in [1.807, 2.05) is 24.3 Å². The number of benzene rings is 1. The minimum atomic E-state index is -0.404. The first kappa shape index (κ1) is 15.9. The molecule has 0 bridgehead atoms. The van der Waals surface area contributed by atoms with Crippen LogP contribution in [0.15, 0.2) is 33.9 Å². The molecular weight excluding hydrogens is 288 g/mol. The van der Waals surface area contributed by atoms with E-state index in [1.54, 1.807) is 5.48 Å². The van der Waals surface area contributed by atoms with Gasteiger partial charge < -0.3 is 4.42 Å². The van der Waals surface area contributed by atoms with Gasteiger partial charge in [-0.15, -0.1) is 0 Å². The molecule has 21 heavy (non-hydrogen) atoms. The number of fused-ring (bicyclic) bond motifs is 1. The molecule has 1 atom stereocenters. The van der Waals surface area contributed by atoms with Gasteiger partial charge in [0.1, 0.15) is 5.52 Å². The standard InChI is InChI=1S/C15H20N2O3S/c1-2-3-4-5-10-13(14(18)17-19)21-15-16-11-8-6-7-9-12(11)20-15/h6-9,13,19H,2-5,10H2,1H3,(H,17,18). The summed E-state index contributed by atoms with van der Waals surface area (Å²) in [5.41, 5.74) is 3.21. The van der Waals surface area contributed by atoms with Gasteiger partial charge in [-0.05, 0) is 18.6 Å². The number of carbonyl (C=O) groups is 1. The van der Waals surface area contributed by atoms with Crippen molar-refractivity contribution in [3.63, 3.8) is 0 Å². The second kappa shape index (κ2) is 8.05. The number of rotatable bonds is 8. The van der Waals surface area contributed by atoms with Gasteiger partial charge in [0.2, 0.25) is 0 Å². The van der Waals surface area contributed by atoms with Crippen molar-refractivity contribution in [3.8, 4) is 0 Å². The molecule has 0 aliphatic rings. The fourth-order valence-corrected chi connectivity index (χ4v) is 3.07. The van der Waals surface area contributed by atoms with Gasteiger partial charge in [-0.1, -0.05) is 56.5 Å². The first-order valence-corrected chi connectivity index (χ1v) is 8.08. The van der Waals surface area contributed by atoms with Crippen molar-refractivity contribution >= 4 is 28.8 Å². The van der Waals surface area contributed by atoms with E-state index in [0.717, 1.165) is 31.2 Å². The number of carbonyl (C=O) groups excluding carboxylic acids is 1. The molecule has 0 aliphatic heterocycles. The van der Waals surface area contributed by atoms with Crippen LogP contribution in [0.5, 0.6) is 0 Å². The Morgan fingerprint density at radius 2 is 2.19 bits per heavy atom. The Bertz CT molecular complexity index is 552. The van der Waals surface area contributed by atoms with Crippen LogP contribution < -0.4 is 5.48 Å². The fraction of sp³-hybridized carbons (Fsp3) is 0.467. The average molecular weight is 308 g/mol. The van der Waals surface area contributed by atoms with Crippen molar-refractivity contribution < 1.29 is 14.4 Å². The predicted molar refractivity (Wildman–Crippen MR) is 82.3 cm³/mol. The lowest BCUT2D eigenvalue weighted by atomic mass is 10.1. The summed E-state index contributed by atoms with van der Waals surface area (Å²) in [6.07, 6.45) is 5.02. The highest BCUT2D eigenvalue weighted by Gasteiger charge is 2.22. The highest BCUT2D eigenvalue weighted by molar-refractivity contribution is 8.00. The second-order valence-corrected chi connectivity index (χ2v) is 6.03. The monoisotopic (exact) mass is 308 g/mol. The molecule has 2 rings (SSSR count). The fourth-order valence-electron chi connectivity index (χ4n) is 2.10. The Morgan fingerprint density at radius 1 is 1.38 bits per heavy atom. The Morgan fingerprint density at radius 3 is 2.90 bits per heavy atom. The highest BCUT2D eigenvalue weighted by atomic mass is 32.2. The topological polar surface area (TPSA) is 75.4 Å². The van der Waals surface area contributed by atoms with E-state index in [-0.39, 0.29) is 5.25 Å². The zero-order valence-corrected chi connectivity index (χ0v) is 12.9. The number of unbranched alkanes of at least 4 members (excludes halogenated alkanes) is 3. The average Bonchev–Trinajstić information content (AvgIpc) is 2.92. The molecule has 2 aromatic rings. The van der Waals surface area contributed by atoms with Gasteiger partial charge in [0.05, 0.1) is 5.25 Å². The van der Waals surface area contributed by atoms with Crippen molar-refractivity contribution in [2.75, 3.05) is 0 Å². The summed E-state index contributed by atoms with van der Waals surface area (Å²) in [6, 6.07) is 7.48.